The molecule has 0 aliphatic carbocycles. The highest BCUT2D eigenvalue weighted by atomic mass is 35.5. The monoisotopic (exact) mass is 482 g/mol. The maximum atomic E-state index is 12.9. The van der Waals surface area contributed by atoms with E-state index in [2.05, 4.69) is 30.2 Å². The smallest absolute Gasteiger partial charge is 0.388 e. The minimum absolute atomic E-state index is 0.182. The lowest BCUT2D eigenvalue weighted by Crippen LogP contribution is -2.48. The first-order chi connectivity index (χ1) is 15.7. The summed E-state index contributed by atoms with van der Waals surface area (Å²) in [4.78, 5) is 12.7. The second-order valence-corrected chi connectivity index (χ2v) is 8.08. The van der Waals surface area contributed by atoms with Gasteiger partial charge < -0.3 is 19.8 Å². The molecule has 1 saturated heterocycles. The van der Waals surface area contributed by atoms with Crippen molar-refractivity contribution in [2.75, 3.05) is 43.1 Å². The molecule has 2 N–H and O–H groups in total. The molecule has 2 aromatic heterocycles. The van der Waals surface area contributed by atoms with Crippen LogP contribution in [0.3, 0.4) is 0 Å². The summed E-state index contributed by atoms with van der Waals surface area (Å²) < 4.78 is 43.8. The molecule has 0 radical (unpaired) electrons. The maximum absolute atomic E-state index is 12.9. The first-order valence-electron chi connectivity index (χ1n) is 10.2. The lowest BCUT2D eigenvalue weighted by molar-refractivity contribution is -0.138. The number of alkyl halides is 3. The number of aliphatic hydroxyl groups excluding tert-OH is 1. The van der Waals surface area contributed by atoms with Crippen LogP contribution in [0, 0.1) is 6.92 Å². The van der Waals surface area contributed by atoms with Crippen molar-refractivity contribution in [3.05, 3.63) is 52.4 Å². The number of aryl methyl sites for hydroxylation is 1. The number of hydrogen-bond donors (Lipinski definition) is 2. The van der Waals surface area contributed by atoms with E-state index >= 15 is 0 Å². The van der Waals surface area contributed by atoms with Crippen molar-refractivity contribution in [2.45, 2.75) is 19.7 Å². The van der Waals surface area contributed by atoms with Crippen LogP contribution in [-0.4, -0.2) is 58.0 Å². The Kier molecular flexibility index (Phi) is 6.73. The van der Waals surface area contributed by atoms with Crippen molar-refractivity contribution >= 4 is 23.1 Å². The number of benzene rings is 1. The third kappa shape index (κ3) is 5.37. The van der Waals surface area contributed by atoms with Gasteiger partial charge in [0, 0.05) is 38.1 Å². The van der Waals surface area contributed by atoms with Crippen LogP contribution < -0.4 is 10.2 Å². The first kappa shape index (κ1) is 23.3. The number of nitrogens with one attached hydrogen (secondary N) is 1. The van der Waals surface area contributed by atoms with Gasteiger partial charge in [-0.15, -0.1) is 0 Å². The minimum atomic E-state index is -4.35. The van der Waals surface area contributed by atoms with Crippen molar-refractivity contribution in [3.63, 3.8) is 0 Å². The van der Waals surface area contributed by atoms with Crippen LogP contribution in [0.15, 0.2) is 35.0 Å². The molecule has 0 atom stereocenters. The van der Waals surface area contributed by atoms with Crippen molar-refractivity contribution in [3.8, 4) is 11.5 Å². The normalized spacial score (nSPS) is 15.2. The number of piperazine rings is 1. The van der Waals surface area contributed by atoms with Crippen LogP contribution in [0.2, 0.25) is 5.02 Å². The van der Waals surface area contributed by atoms with Gasteiger partial charge in [0.25, 0.3) is 5.89 Å². The molecule has 4 rings (SSSR count). The van der Waals surface area contributed by atoms with Gasteiger partial charge in [0.15, 0.2) is 5.82 Å². The Labute approximate surface area is 193 Å². The Morgan fingerprint density at radius 3 is 2.55 bits per heavy atom. The summed E-state index contributed by atoms with van der Waals surface area (Å²) in [6.45, 7) is 4.50. The molecule has 0 bridgehead atoms. The van der Waals surface area contributed by atoms with E-state index in [1.54, 1.807) is 12.3 Å². The molecule has 176 valence electrons. The molecule has 1 aromatic carbocycles. The average Bonchev–Trinajstić information content (AvgIpc) is 3.27. The number of hydrogen-bond acceptors (Lipinski definition) is 8. The summed E-state index contributed by atoms with van der Waals surface area (Å²) in [6, 6.07) is 5.76. The molecule has 1 aliphatic rings. The molecule has 0 unspecified atom stereocenters. The minimum Gasteiger partial charge on any atom is -0.388 e. The fraction of sp³-hybridized carbons (Fsp3) is 0.381. The molecule has 1 fully saturated rings. The third-order valence-corrected chi connectivity index (χ3v) is 5.67. The molecule has 0 amide bonds. The molecule has 3 aromatic rings. The lowest BCUT2D eigenvalue weighted by atomic mass is 10.1. The molecule has 0 saturated carbocycles. The topological polar surface area (TPSA) is 90.5 Å². The zero-order valence-corrected chi connectivity index (χ0v) is 18.5. The summed E-state index contributed by atoms with van der Waals surface area (Å²) in [6.07, 6.45) is -2.75. The average molecular weight is 483 g/mol. The van der Waals surface area contributed by atoms with E-state index in [0.29, 0.717) is 41.8 Å². The van der Waals surface area contributed by atoms with E-state index in [9.17, 15) is 13.2 Å². The van der Waals surface area contributed by atoms with E-state index in [1.165, 1.54) is 19.1 Å². The molecular weight excluding hydrogens is 461 g/mol. The Morgan fingerprint density at radius 1 is 1.18 bits per heavy atom. The Bertz CT molecular complexity index is 1120. The van der Waals surface area contributed by atoms with Crippen molar-refractivity contribution in [1.82, 2.24) is 20.0 Å². The van der Waals surface area contributed by atoms with Gasteiger partial charge in [0.1, 0.15) is 12.4 Å². The fourth-order valence-electron chi connectivity index (χ4n) is 3.63. The standard InChI is InChI=1S/C21H22ClF3N6O2/c1-13-8-15(2-3-16(13)21(23,24)25)27-12-30-4-6-31(7-5-30)19-17(22)9-14(10-26-19)20-28-18(11-32)29-33-20/h2-3,8-10,27,32H,4-7,11-12H2,1H3. The lowest BCUT2D eigenvalue weighted by Gasteiger charge is -2.35. The Hall–Kier alpha value is -2.89. The van der Waals surface area contributed by atoms with Crippen LogP contribution in [0.1, 0.15) is 17.0 Å². The van der Waals surface area contributed by atoms with Gasteiger partial charge in [-0.25, -0.2) is 4.98 Å². The summed E-state index contributed by atoms with van der Waals surface area (Å²) in [5.41, 5.74) is 0.777. The number of halogens is 4. The summed E-state index contributed by atoms with van der Waals surface area (Å²) >= 11 is 6.44. The van der Waals surface area contributed by atoms with Gasteiger partial charge in [-0.1, -0.05) is 16.8 Å². The number of anilines is 2. The highest BCUT2D eigenvalue weighted by Crippen LogP contribution is 2.33. The molecular formula is C21H22ClF3N6O2. The summed E-state index contributed by atoms with van der Waals surface area (Å²) in [5.74, 6) is 1.06. The van der Waals surface area contributed by atoms with E-state index in [4.69, 9.17) is 21.2 Å². The summed E-state index contributed by atoms with van der Waals surface area (Å²) in [5, 5.41) is 16.3. The van der Waals surface area contributed by atoms with Crippen LogP contribution in [0.4, 0.5) is 24.7 Å². The number of rotatable bonds is 6. The quantitative estimate of drug-likeness (QED) is 0.548. The van der Waals surface area contributed by atoms with E-state index < -0.39 is 11.7 Å². The van der Waals surface area contributed by atoms with Crippen LogP contribution >= 0.6 is 11.6 Å². The molecule has 33 heavy (non-hydrogen) atoms. The number of aliphatic hydroxyl groups is 1. The number of pyridine rings is 1. The van der Waals surface area contributed by atoms with Crippen molar-refractivity contribution in [1.29, 1.82) is 0 Å². The predicted octanol–water partition coefficient (Wildman–Crippen LogP) is 3.80. The van der Waals surface area contributed by atoms with Crippen molar-refractivity contribution < 1.29 is 22.8 Å². The largest absolute Gasteiger partial charge is 0.416 e. The molecule has 1 aliphatic heterocycles. The van der Waals surface area contributed by atoms with Gasteiger partial charge >= 0.3 is 6.18 Å². The zero-order chi connectivity index (χ0) is 23.6. The molecule has 3 heterocycles. The van der Waals surface area contributed by atoms with E-state index in [-0.39, 0.29) is 23.9 Å². The zero-order valence-electron chi connectivity index (χ0n) is 17.7. The third-order valence-electron chi connectivity index (χ3n) is 5.39. The van der Waals surface area contributed by atoms with Gasteiger partial charge in [-0.05, 0) is 36.8 Å². The molecule has 8 nitrogen and oxygen atoms in total. The first-order valence-corrected chi connectivity index (χ1v) is 10.6. The molecule has 12 heteroatoms. The Morgan fingerprint density at radius 2 is 1.94 bits per heavy atom. The number of nitrogens with zero attached hydrogens (tertiary/aromatic N) is 5. The van der Waals surface area contributed by atoms with Crippen LogP contribution in [0.5, 0.6) is 0 Å². The fourth-order valence-corrected chi connectivity index (χ4v) is 3.91. The highest BCUT2D eigenvalue weighted by Gasteiger charge is 2.32. The van der Waals surface area contributed by atoms with Gasteiger partial charge in [-0.2, -0.15) is 18.2 Å². The van der Waals surface area contributed by atoms with E-state index in [0.717, 1.165) is 19.2 Å². The summed E-state index contributed by atoms with van der Waals surface area (Å²) in [7, 11) is 0. The maximum Gasteiger partial charge on any atom is 0.416 e. The second kappa shape index (κ2) is 9.54. The van der Waals surface area contributed by atoms with Gasteiger partial charge in [0.2, 0.25) is 0 Å². The Balaban J connectivity index is 1.32. The SMILES string of the molecule is Cc1cc(NCN2CCN(c3ncc(-c4nc(CO)no4)cc3Cl)CC2)ccc1C(F)(F)F. The van der Waals surface area contributed by atoms with Gasteiger partial charge in [0.05, 0.1) is 22.8 Å². The highest BCUT2D eigenvalue weighted by molar-refractivity contribution is 6.33. The molecule has 0 spiro atoms. The van der Waals surface area contributed by atoms with Gasteiger partial charge in [-0.3, -0.25) is 4.90 Å². The van der Waals surface area contributed by atoms with Crippen molar-refractivity contribution in [2.24, 2.45) is 0 Å². The number of aromatic nitrogens is 3. The van der Waals surface area contributed by atoms with Crippen LogP contribution in [0.25, 0.3) is 11.5 Å². The van der Waals surface area contributed by atoms with Crippen LogP contribution in [-0.2, 0) is 12.8 Å². The van der Waals surface area contributed by atoms with E-state index in [1.807, 2.05) is 0 Å². The second-order valence-electron chi connectivity index (χ2n) is 7.67. The predicted molar refractivity (Wildman–Crippen MR) is 117 cm³/mol.